The lowest BCUT2D eigenvalue weighted by molar-refractivity contribution is -0.117. The normalized spacial score (nSPS) is 12.7. The highest BCUT2D eigenvalue weighted by Crippen LogP contribution is 2.18. The number of azide groups is 1. The smallest absolute Gasteiger partial charge is 0.226 e. The number of carbonyl (C=O) groups is 1. The van der Waals surface area contributed by atoms with Gasteiger partial charge in [-0.05, 0) is 17.7 Å². The van der Waals surface area contributed by atoms with Gasteiger partial charge in [0.2, 0.25) is 5.91 Å². The molecule has 11 nitrogen and oxygen atoms in total. The third-order valence-corrected chi connectivity index (χ3v) is 4.38. The van der Waals surface area contributed by atoms with E-state index in [0.717, 1.165) is 6.54 Å². The Morgan fingerprint density at radius 1 is 1.06 bits per heavy atom. The van der Waals surface area contributed by atoms with Gasteiger partial charge in [0.05, 0.1) is 52.7 Å². The minimum absolute atomic E-state index is 0.0217. The number of carbonyl (C=O) groups excluding carboxylic acids is 1. The van der Waals surface area contributed by atoms with Crippen LogP contribution in [0.25, 0.3) is 10.4 Å². The molecule has 1 rings (SSSR count). The number of rotatable bonds is 21. The van der Waals surface area contributed by atoms with Gasteiger partial charge >= 0.3 is 0 Å². The van der Waals surface area contributed by atoms with Gasteiger partial charge in [0.15, 0.2) is 6.23 Å². The molecule has 0 aromatic heterocycles. The summed E-state index contributed by atoms with van der Waals surface area (Å²) in [6, 6.07) is 7.36. The molecule has 0 saturated carbocycles. The monoisotopic (exact) mass is 513 g/mol. The van der Waals surface area contributed by atoms with Gasteiger partial charge in [-0.3, -0.25) is 4.79 Å². The molecule has 1 amide bonds. The highest BCUT2D eigenvalue weighted by molar-refractivity contribution is 7.80. The van der Waals surface area contributed by atoms with Crippen molar-refractivity contribution in [2.24, 2.45) is 5.11 Å². The van der Waals surface area contributed by atoms with E-state index in [0.29, 0.717) is 57.1 Å². The van der Waals surface area contributed by atoms with Crippen LogP contribution in [0.1, 0.15) is 27.2 Å². The van der Waals surface area contributed by atoms with Crippen LogP contribution in [-0.4, -0.2) is 82.8 Å². The molecule has 0 radical (unpaired) electrons. The van der Waals surface area contributed by atoms with E-state index in [1.807, 2.05) is 6.92 Å². The van der Waals surface area contributed by atoms with Crippen molar-refractivity contribution in [2.75, 3.05) is 64.7 Å². The first kappa shape index (κ1) is 31.0. The van der Waals surface area contributed by atoms with E-state index in [9.17, 15) is 4.79 Å². The number of hydrogen-bond donors (Lipinski definition) is 3. The zero-order valence-corrected chi connectivity index (χ0v) is 21.7. The van der Waals surface area contributed by atoms with Gasteiger partial charge in [-0.1, -0.05) is 32.0 Å². The lowest BCUT2D eigenvalue weighted by Gasteiger charge is -2.15. The Kier molecular flexibility index (Phi) is 17.9. The van der Waals surface area contributed by atoms with E-state index in [1.54, 1.807) is 24.3 Å². The molecule has 0 aliphatic carbocycles. The molecule has 0 fully saturated rings. The first-order valence-electron chi connectivity index (χ1n) is 11.7. The molecule has 2 unspecified atom stereocenters. The summed E-state index contributed by atoms with van der Waals surface area (Å²) in [7, 11) is 0. The van der Waals surface area contributed by atoms with E-state index in [2.05, 4.69) is 47.1 Å². The van der Waals surface area contributed by atoms with E-state index in [4.69, 9.17) is 29.2 Å². The Morgan fingerprint density at radius 2 is 1.80 bits per heavy atom. The van der Waals surface area contributed by atoms with Crippen molar-refractivity contribution >= 4 is 24.2 Å². The molecule has 2 atom stereocenters. The van der Waals surface area contributed by atoms with Crippen molar-refractivity contribution in [3.8, 4) is 5.75 Å². The predicted molar refractivity (Wildman–Crippen MR) is 138 cm³/mol. The fourth-order valence-electron chi connectivity index (χ4n) is 2.63. The van der Waals surface area contributed by atoms with Crippen LogP contribution in [0.2, 0.25) is 0 Å². The summed E-state index contributed by atoms with van der Waals surface area (Å²) in [5, 5.41) is 9.79. The Bertz CT molecular complexity index is 749. The Balaban J connectivity index is 2.26. The van der Waals surface area contributed by atoms with Gasteiger partial charge in [0, 0.05) is 34.5 Å². The summed E-state index contributed by atoms with van der Waals surface area (Å²) in [4.78, 5) is 14.9. The number of nitrogens with zero attached hydrogens (tertiary/aromatic N) is 3. The van der Waals surface area contributed by atoms with Gasteiger partial charge in [-0.2, -0.15) is 12.6 Å². The second kappa shape index (κ2) is 20.2. The van der Waals surface area contributed by atoms with Crippen LogP contribution in [0.3, 0.4) is 0 Å². The molecular formula is C23H39N5O6S. The summed E-state index contributed by atoms with van der Waals surface area (Å²) in [5.74, 6) is 0.333. The summed E-state index contributed by atoms with van der Waals surface area (Å²) in [5.41, 5.74) is 9.32. The summed E-state index contributed by atoms with van der Waals surface area (Å²) in [6.45, 7) is 9.89. The average molecular weight is 514 g/mol. The molecule has 1 aromatic rings. The van der Waals surface area contributed by atoms with Gasteiger partial charge in [-0.15, -0.1) is 0 Å². The van der Waals surface area contributed by atoms with Crippen LogP contribution in [0.15, 0.2) is 29.4 Å². The standard InChI is InChI=1S/C23H39N5O6S/c1-18(2)25-8-10-31-12-11-30-9-7-22(29)26-20-5-4-6-21(15-20)34-17-23(27-28-24)33-14-13-32-16-19(3)35/h4-6,15,18-19,23,25,35H,7-14,16-17H2,1-3H3,(H,26,29). The van der Waals surface area contributed by atoms with E-state index in [-0.39, 0.29) is 30.8 Å². The molecule has 0 saturated heterocycles. The SMILES string of the molecule is CC(S)COCCOC(COc1cccc(NC(=O)CCOCCOCCNC(C)C)c1)N=[N+]=[N-]. The second-order valence-corrected chi connectivity index (χ2v) is 8.81. The summed E-state index contributed by atoms with van der Waals surface area (Å²) >= 11 is 4.23. The van der Waals surface area contributed by atoms with Gasteiger partial charge in [-0.25, -0.2) is 0 Å². The zero-order chi connectivity index (χ0) is 25.7. The molecule has 2 N–H and O–H groups in total. The quantitative estimate of drug-likeness (QED) is 0.0753. The summed E-state index contributed by atoms with van der Waals surface area (Å²) < 4.78 is 27.4. The zero-order valence-electron chi connectivity index (χ0n) is 20.9. The van der Waals surface area contributed by atoms with Crippen molar-refractivity contribution in [3.05, 3.63) is 34.7 Å². The molecule has 0 bridgehead atoms. The fraction of sp³-hybridized carbons (Fsp3) is 0.696. The lowest BCUT2D eigenvalue weighted by atomic mass is 10.3. The number of anilines is 1. The molecule has 0 heterocycles. The average Bonchev–Trinajstić information content (AvgIpc) is 2.81. The van der Waals surface area contributed by atoms with Crippen LogP contribution in [-0.2, 0) is 23.7 Å². The van der Waals surface area contributed by atoms with Crippen molar-refractivity contribution in [1.82, 2.24) is 5.32 Å². The van der Waals surface area contributed by atoms with Gasteiger partial charge in [0.1, 0.15) is 12.4 Å². The molecule has 0 spiro atoms. The molecular weight excluding hydrogens is 474 g/mol. The fourth-order valence-corrected chi connectivity index (χ4v) is 2.74. The molecule has 1 aromatic carbocycles. The van der Waals surface area contributed by atoms with Crippen LogP contribution in [0, 0.1) is 0 Å². The third kappa shape index (κ3) is 18.0. The number of thiol groups is 1. The molecule has 0 aliphatic rings. The third-order valence-electron chi connectivity index (χ3n) is 4.23. The molecule has 12 heteroatoms. The summed E-state index contributed by atoms with van der Waals surface area (Å²) in [6.07, 6.45) is -0.580. The van der Waals surface area contributed by atoms with Crippen molar-refractivity contribution in [2.45, 2.75) is 44.7 Å². The predicted octanol–water partition coefficient (Wildman–Crippen LogP) is 3.41. The van der Waals surface area contributed by atoms with Crippen LogP contribution in [0.5, 0.6) is 5.75 Å². The number of ether oxygens (including phenoxy) is 5. The van der Waals surface area contributed by atoms with E-state index in [1.165, 1.54) is 0 Å². The molecule has 0 aliphatic heterocycles. The number of nitrogens with one attached hydrogen (secondary N) is 2. The molecule has 35 heavy (non-hydrogen) atoms. The number of hydrogen-bond acceptors (Lipinski definition) is 9. The van der Waals surface area contributed by atoms with E-state index >= 15 is 0 Å². The largest absolute Gasteiger partial charge is 0.491 e. The highest BCUT2D eigenvalue weighted by atomic mass is 32.1. The van der Waals surface area contributed by atoms with Crippen molar-refractivity contribution in [1.29, 1.82) is 0 Å². The number of amides is 1. The van der Waals surface area contributed by atoms with Crippen LogP contribution < -0.4 is 15.4 Å². The minimum Gasteiger partial charge on any atom is -0.491 e. The molecule has 198 valence electrons. The number of benzene rings is 1. The lowest BCUT2D eigenvalue weighted by Crippen LogP contribution is -2.27. The maximum Gasteiger partial charge on any atom is 0.226 e. The maximum absolute atomic E-state index is 12.2. The first-order valence-corrected chi connectivity index (χ1v) is 12.3. The highest BCUT2D eigenvalue weighted by Gasteiger charge is 2.09. The van der Waals surface area contributed by atoms with E-state index < -0.39 is 6.23 Å². The second-order valence-electron chi connectivity index (χ2n) is 7.92. The topological polar surface area (TPSA) is 136 Å². The van der Waals surface area contributed by atoms with Gasteiger partial charge < -0.3 is 34.3 Å². The van der Waals surface area contributed by atoms with Crippen molar-refractivity contribution in [3.63, 3.8) is 0 Å². The van der Waals surface area contributed by atoms with Gasteiger partial charge in [0.25, 0.3) is 0 Å². The van der Waals surface area contributed by atoms with Crippen LogP contribution in [0.4, 0.5) is 5.69 Å². The Morgan fingerprint density at radius 3 is 2.51 bits per heavy atom. The van der Waals surface area contributed by atoms with Crippen molar-refractivity contribution < 1.29 is 28.5 Å². The minimum atomic E-state index is -0.803. The Hall–Kier alpha value is -2.05. The van der Waals surface area contributed by atoms with Crippen LogP contribution >= 0.6 is 12.6 Å². The maximum atomic E-state index is 12.2. The first-order chi connectivity index (χ1) is 16.9. The Labute approximate surface area is 213 Å².